The maximum absolute atomic E-state index is 12.9. The molecule has 0 aromatic carbocycles. The van der Waals surface area contributed by atoms with E-state index in [0.717, 1.165) is 96.3 Å². The average Bonchev–Trinajstić information content (AvgIpc) is 3.30. The first kappa shape index (κ1) is 64.9. The van der Waals surface area contributed by atoms with Crippen molar-refractivity contribution in [3.05, 3.63) is 122 Å². The van der Waals surface area contributed by atoms with Gasteiger partial charge in [-0.25, -0.2) is 4.57 Å². The fourth-order valence-electron chi connectivity index (χ4n) is 6.94. The second kappa shape index (κ2) is 48.9. The SMILES string of the molecule is CC/C=C\C/C=C\C/C=C\C/C=C\C/C=C\C/C=C\C/C=C\CCCCCCCCCCCCCCCC(=O)NC(COP(=O)(O)OCC[N+](C)(C)C)C(O)/C=C/CC/C=C/CC/C=C/CCC. The Balaban J connectivity index is 4.09. The third-order valence-electron chi connectivity index (χ3n) is 11.1. The number of amides is 1. The van der Waals surface area contributed by atoms with E-state index >= 15 is 0 Å². The third kappa shape index (κ3) is 50.8. The van der Waals surface area contributed by atoms with Gasteiger partial charge in [0, 0.05) is 6.42 Å². The van der Waals surface area contributed by atoms with Crippen LogP contribution in [0.4, 0.5) is 0 Å². The van der Waals surface area contributed by atoms with Crippen LogP contribution in [0.1, 0.15) is 194 Å². The van der Waals surface area contributed by atoms with Crippen LogP contribution in [0.5, 0.6) is 0 Å². The van der Waals surface area contributed by atoms with Gasteiger partial charge >= 0.3 is 7.82 Å². The molecule has 0 saturated carbocycles. The van der Waals surface area contributed by atoms with Gasteiger partial charge in [-0.15, -0.1) is 0 Å². The molecule has 3 N–H and O–H groups in total. The van der Waals surface area contributed by atoms with Gasteiger partial charge < -0.3 is 19.8 Å². The number of phosphoric acid groups is 1. The molecule has 0 radical (unpaired) electrons. The Morgan fingerprint density at radius 1 is 0.515 bits per heavy atom. The highest BCUT2D eigenvalue weighted by Crippen LogP contribution is 2.43. The molecule has 0 aliphatic carbocycles. The summed E-state index contributed by atoms with van der Waals surface area (Å²) in [7, 11) is 1.53. The van der Waals surface area contributed by atoms with E-state index < -0.39 is 20.0 Å². The van der Waals surface area contributed by atoms with Crippen LogP contribution >= 0.6 is 7.82 Å². The van der Waals surface area contributed by atoms with Gasteiger partial charge in [0.1, 0.15) is 13.2 Å². The lowest BCUT2D eigenvalue weighted by Gasteiger charge is -2.25. The lowest BCUT2D eigenvalue weighted by atomic mass is 10.0. The second-order valence-electron chi connectivity index (χ2n) is 18.8. The zero-order valence-corrected chi connectivity index (χ0v) is 44.9. The van der Waals surface area contributed by atoms with E-state index in [-0.39, 0.29) is 19.1 Å². The van der Waals surface area contributed by atoms with Crippen LogP contribution in [0.15, 0.2) is 122 Å². The average molecular weight is 966 g/mol. The number of aliphatic hydroxyl groups excluding tert-OH is 1. The first-order chi connectivity index (χ1) is 33.0. The lowest BCUT2D eigenvalue weighted by Crippen LogP contribution is -2.45. The molecule has 388 valence electrons. The number of nitrogens with one attached hydrogen (secondary N) is 1. The number of phosphoric ester groups is 1. The third-order valence-corrected chi connectivity index (χ3v) is 12.1. The molecule has 8 nitrogen and oxygen atoms in total. The Morgan fingerprint density at radius 2 is 0.897 bits per heavy atom. The molecule has 0 aliphatic rings. The number of hydrogen-bond donors (Lipinski definition) is 3. The highest BCUT2D eigenvalue weighted by molar-refractivity contribution is 7.47. The molecule has 0 spiro atoms. The quantitative estimate of drug-likeness (QED) is 0.0243. The molecule has 0 heterocycles. The van der Waals surface area contributed by atoms with Crippen LogP contribution in [0.3, 0.4) is 0 Å². The Hall–Kier alpha value is -3.10. The Bertz CT molecular complexity index is 1510. The summed E-state index contributed by atoms with van der Waals surface area (Å²) >= 11 is 0. The van der Waals surface area contributed by atoms with E-state index in [2.05, 4.69) is 129 Å². The number of rotatable bonds is 47. The highest BCUT2D eigenvalue weighted by atomic mass is 31.2. The van der Waals surface area contributed by atoms with Crippen LogP contribution in [-0.4, -0.2) is 73.4 Å². The molecular formula is C59H102N2O6P+. The number of unbranched alkanes of at least 4 members (excludes halogenated alkanes) is 16. The van der Waals surface area contributed by atoms with Gasteiger partial charge in [-0.05, 0) is 96.3 Å². The number of allylic oxidation sites excluding steroid dienone is 19. The second-order valence-corrected chi connectivity index (χ2v) is 20.3. The topological polar surface area (TPSA) is 105 Å². The van der Waals surface area contributed by atoms with Crippen molar-refractivity contribution in [2.45, 2.75) is 206 Å². The maximum atomic E-state index is 12.9. The van der Waals surface area contributed by atoms with Crippen molar-refractivity contribution in [3.63, 3.8) is 0 Å². The van der Waals surface area contributed by atoms with E-state index in [1.807, 2.05) is 27.2 Å². The van der Waals surface area contributed by atoms with Crippen LogP contribution < -0.4 is 5.32 Å². The zero-order chi connectivity index (χ0) is 49.9. The van der Waals surface area contributed by atoms with E-state index in [0.29, 0.717) is 17.4 Å². The molecule has 0 aliphatic heterocycles. The molecule has 0 aromatic rings. The van der Waals surface area contributed by atoms with E-state index in [9.17, 15) is 19.4 Å². The summed E-state index contributed by atoms with van der Waals surface area (Å²) in [6.45, 7) is 4.57. The number of carbonyl (C=O) groups excluding carboxylic acids is 1. The fraction of sp³-hybridized carbons (Fsp3) is 0.644. The summed E-state index contributed by atoms with van der Waals surface area (Å²) in [6.07, 6.45) is 73.1. The van der Waals surface area contributed by atoms with Crippen molar-refractivity contribution in [1.29, 1.82) is 0 Å². The molecule has 0 bridgehead atoms. The molecule has 3 atom stereocenters. The number of quaternary nitrogens is 1. The maximum Gasteiger partial charge on any atom is 0.472 e. The van der Waals surface area contributed by atoms with Crippen LogP contribution in [0.2, 0.25) is 0 Å². The molecule has 3 unspecified atom stereocenters. The minimum atomic E-state index is -4.36. The van der Waals surface area contributed by atoms with E-state index in [1.54, 1.807) is 6.08 Å². The lowest BCUT2D eigenvalue weighted by molar-refractivity contribution is -0.870. The van der Waals surface area contributed by atoms with E-state index in [1.165, 1.54) is 77.0 Å². The van der Waals surface area contributed by atoms with Gasteiger partial charge in [-0.1, -0.05) is 212 Å². The number of nitrogens with zero attached hydrogens (tertiary/aromatic N) is 1. The molecule has 0 saturated heterocycles. The predicted molar refractivity (Wildman–Crippen MR) is 295 cm³/mol. The van der Waals surface area contributed by atoms with Crippen LogP contribution in [-0.2, 0) is 18.4 Å². The smallest absolute Gasteiger partial charge is 0.387 e. The largest absolute Gasteiger partial charge is 0.472 e. The van der Waals surface area contributed by atoms with Crippen molar-refractivity contribution in [3.8, 4) is 0 Å². The molecule has 0 fully saturated rings. The first-order valence-electron chi connectivity index (χ1n) is 26.9. The Labute approximate surface area is 418 Å². The van der Waals surface area contributed by atoms with Crippen LogP contribution in [0, 0.1) is 0 Å². The Morgan fingerprint density at radius 3 is 1.34 bits per heavy atom. The van der Waals surface area contributed by atoms with Gasteiger partial charge in [0.05, 0.1) is 39.9 Å². The summed E-state index contributed by atoms with van der Waals surface area (Å²) in [6, 6.07) is -0.876. The zero-order valence-electron chi connectivity index (χ0n) is 44.0. The summed E-state index contributed by atoms with van der Waals surface area (Å²) in [5, 5.41) is 13.8. The van der Waals surface area contributed by atoms with Gasteiger partial charge in [0.2, 0.25) is 5.91 Å². The molecule has 1 amide bonds. The summed E-state index contributed by atoms with van der Waals surface area (Å²) in [5.74, 6) is -0.200. The molecule has 0 rings (SSSR count). The van der Waals surface area contributed by atoms with Crippen molar-refractivity contribution in [2.24, 2.45) is 0 Å². The Kier molecular flexibility index (Phi) is 46.7. The fourth-order valence-corrected chi connectivity index (χ4v) is 7.68. The summed E-state index contributed by atoms with van der Waals surface area (Å²) in [5.41, 5.74) is 0. The highest BCUT2D eigenvalue weighted by Gasteiger charge is 2.27. The monoisotopic (exact) mass is 966 g/mol. The number of hydrogen-bond acceptors (Lipinski definition) is 5. The van der Waals surface area contributed by atoms with Crippen molar-refractivity contribution in [1.82, 2.24) is 5.32 Å². The minimum Gasteiger partial charge on any atom is -0.387 e. The summed E-state index contributed by atoms with van der Waals surface area (Å²) in [4.78, 5) is 23.2. The standard InChI is InChI=1S/C59H101N2O6P/c1-6-8-10-12-14-16-18-19-20-21-22-23-24-25-26-27-28-29-30-31-32-33-34-35-36-37-38-39-40-41-43-45-47-49-51-53-59(63)60-57(56-67-68(64,65)66-55-54-61(3,4)5)58(62)52-50-48-46-44-42-17-15-13-11-9-7-2/h8,10-11,13-14,16,19-20,22-23,25-26,28-29,31-32,42,44,50,52,57-58,62H,6-7,9,12,15,17-18,21,24,27,30,33-41,43,45-49,51,53-56H2,1-5H3,(H-,60,63,64,65)/p+1/b10-8-,13-11+,16-14-,20-19-,23-22-,26-25-,29-28-,32-31-,44-42+,52-50+. The van der Waals surface area contributed by atoms with Gasteiger partial charge in [-0.3, -0.25) is 13.8 Å². The molecule has 9 heteroatoms. The van der Waals surface area contributed by atoms with Crippen molar-refractivity contribution in [2.75, 3.05) is 40.9 Å². The van der Waals surface area contributed by atoms with Crippen LogP contribution in [0.25, 0.3) is 0 Å². The van der Waals surface area contributed by atoms with Gasteiger partial charge in [0.15, 0.2) is 0 Å². The van der Waals surface area contributed by atoms with Crippen molar-refractivity contribution < 1.29 is 32.9 Å². The molecular weight excluding hydrogens is 864 g/mol. The van der Waals surface area contributed by atoms with Gasteiger partial charge in [0.25, 0.3) is 0 Å². The molecule has 68 heavy (non-hydrogen) atoms. The number of aliphatic hydroxyl groups is 1. The van der Waals surface area contributed by atoms with Gasteiger partial charge in [-0.2, -0.15) is 0 Å². The summed E-state index contributed by atoms with van der Waals surface area (Å²) < 4.78 is 23.6. The number of carbonyl (C=O) groups is 1. The van der Waals surface area contributed by atoms with Crippen molar-refractivity contribution >= 4 is 13.7 Å². The first-order valence-corrected chi connectivity index (χ1v) is 28.4. The normalized spacial score (nSPS) is 15.0. The molecule has 0 aromatic heterocycles. The van der Waals surface area contributed by atoms with E-state index in [4.69, 9.17) is 9.05 Å². The number of likely N-dealkylation sites (N-methyl/N-ethyl adjacent to an activating group) is 1. The minimum absolute atomic E-state index is 0.0477. The predicted octanol–water partition coefficient (Wildman–Crippen LogP) is 16.2.